The zero-order chi connectivity index (χ0) is 11.8. The molecule has 0 bridgehead atoms. The fraction of sp³-hybridized carbons (Fsp3) is 0.500. The third-order valence-corrected chi connectivity index (χ3v) is 2.36. The molecule has 1 saturated heterocycles. The van der Waals surface area contributed by atoms with E-state index in [1.807, 2.05) is 4.90 Å². The van der Waals surface area contributed by atoms with Gasteiger partial charge in [0, 0.05) is 14.5 Å². The summed E-state index contributed by atoms with van der Waals surface area (Å²) in [4.78, 5) is 5.27. The molecular formula is C10H11F3N2. The molecule has 2 nitrogen and oxygen atoms in total. The first-order chi connectivity index (χ1) is 7.47. The molecule has 15 heavy (non-hydrogen) atoms. The molecular weight excluding hydrogens is 205 g/mol. The van der Waals surface area contributed by atoms with Crippen LogP contribution in [0.25, 0.3) is 0 Å². The van der Waals surface area contributed by atoms with Crippen molar-refractivity contribution in [1.82, 2.24) is 4.98 Å². The van der Waals surface area contributed by atoms with Crippen LogP contribution in [0, 0.1) is 0 Å². The van der Waals surface area contributed by atoms with Gasteiger partial charge in [0.2, 0.25) is 0 Å². The van der Waals surface area contributed by atoms with Crippen molar-refractivity contribution in [1.29, 1.82) is 0 Å². The van der Waals surface area contributed by atoms with Crippen LogP contribution in [-0.2, 0) is 6.18 Å². The van der Waals surface area contributed by atoms with Crippen LogP contribution in [0.15, 0.2) is 18.3 Å². The number of anilines is 1. The van der Waals surface area contributed by atoms with Gasteiger partial charge in [0.05, 0.1) is 11.9 Å². The molecule has 0 N–H and O–H groups in total. The highest BCUT2D eigenvalue weighted by atomic mass is 19.4. The van der Waals surface area contributed by atoms with Gasteiger partial charge in [0.25, 0.3) is 0 Å². The first-order valence-corrected chi connectivity index (χ1v) is 4.67. The predicted molar refractivity (Wildman–Crippen MR) is 50.7 cm³/mol. The smallest absolute Gasteiger partial charge is 0.370 e. The summed E-state index contributed by atoms with van der Waals surface area (Å²) in [5.41, 5.74) is -0.222. The number of halogens is 3. The Morgan fingerprint density at radius 2 is 2.13 bits per heavy atom. The number of aromatic nitrogens is 1. The van der Waals surface area contributed by atoms with Gasteiger partial charge in [0.1, 0.15) is 5.69 Å². The van der Waals surface area contributed by atoms with Gasteiger partial charge in [-0.3, -0.25) is 0 Å². The predicted octanol–water partition coefficient (Wildman–Crippen LogP) is 2.70. The van der Waals surface area contributed by atoms with E-state index in [2.05, 4.69) is 4.98 Å². The number of pyridine rings is 1. The van der Waals surface area contributed by atoms with Gasteiger partial charge in [-0.2, -0.15) is 13.2 Å². The van der Waals surface area contributed by atoms with Crippen LogP contribution in [0.5, 0.6) is 0 Å². The van der Waals surface area contributed by atoms with E-state index in [9.17, 15) is 13.2 Å². The zero-order valence-corrected chi connectivity index (χ0v) is 7.96. The van der Waals surface area contributed by atoms with Crippen LogP contribution >= 0.6 is 0 Å². The molecule has 5 heteroatoms. The minimum atomic E-state index is -4.39. The normalized spacial score (nSPS) is 23.0. The van der Waals surface area contributed by atoms with E-state index in [1.54, 1.807) is 0 Å². The van der Waals surface area contributed by atoms with Crippen LogP contribution < -0.4 is 4.90 Å². The lowest BCUT2D eigenvalue weighted by molar-refractivity contribution is -0.141. The molecule has 0 aromatic carbocycles. The highest BCUT2D eigenvalue weighted by Crippen LogP contribution is 2.29. The van der Waals surface area contributed by atoms with Crippen molar-refractivity contribution >= 4 is 5.69 Å². The number of nitrogens with zero attached hydrogens (tertiary/aromatic N) is 2. The molecule has 0 amide bonds. The van der Waals surface area contributed by atoms with Crippen molar-refractivity contribution in [2.24, 2.45) is 0 Å². The van der Waals surface area contributed by atoms with Gasteiger partial charge in [0.15, 0.2) is 0 Å². The lowest BCUT2D eigenvalue weighted by atomic mass is 10.3. The molecule has 2 rings (SSSR count). The minimum Gasteiger partial charge on any atom is -0.370 e. The second-order valence-corrected chi connectivity index (χ2v) is 3.42. The quantitative estimate of drug-likeness (QED) is 0.719. The van der Waals surface area contributed by atoms with Gasteiger partial charge in [-0.05, 0) is 25.0 Å². The van der Waals surface area contributed by atoms with Crippen LogP contribution in [0.4, 0.5) is 18.9 Å². The number of rotatable bonds is 1. The Balaban J connectivity index is 2.14. The number of hydrogen-bond donors (Lipinski definition) is 0. The average molecular weight is 217 g/mol. The second kappa shape index (κ2) is 3.72. The van der Waals surface area contributed by atoms with Crippen molar-refractivity contribution in [3.8, 4) is 0 Å². The fourth-order valence-electron chi connectivity index (χ4n) is 1.56. The third-order valence-electron chi connectivity index (χ3n) is 2.36. The topological polar surface area (TPSA) is 16.1 Å². The average Bonchev–Trinajstić information content (AvgIpc) is 2.64. The van der Waals surface area contributed by atoms with E-state index in [4.69, 9.17) is 1.37 Å². The monoisotopic (exact) mass is 217 g/mol. The first-order valence-electron chi connectivity index (χ1n) is 5.25. The summed E-state index contributed by atoms with van der Waals surface area (Å²) in [7, 11) is 0. The molecule has 0 unspecified atom stereocenters. The highest BCUT2D eigenvalue weighted by Gasteiger charge is 2.32. The van der Waals surface area contributed by atoms with E-state index in [-0.39, 0.29) is 6.40 Å². The Hall–Kier alpha value is -1.26. The van der Waals surface area contributed by atoms with E-state index >= 15 is 0 Å². The summed E-state index contributed by atoms with van der Waals surface area (Å²) in [6, 6.07) is 2.39. The Labute approximate surface area is 87.1 Å². The van der Waals surface area contributed by atoms with E-state index in [0.29, 0.717) is 18.8 Å². The Bertz CT molecular complexity index is 363. The Kier molecular flexibility index (Phi) is 2.23. The molecule has 1 aliphatic heterocycles. The lowest BCUT2D eigenvalue weighted by Gasteiger charge is -2.17. The molecule has 1 fully saturated rings. The van der Waals surface area contributed by atoms with Crippen molar-refractivity contribution in [2.45, 2.75) is 19.0 Å². The van der Waals surface area contributed by atoms with Gasteiger partial charge in [-0.1, -0.05) is 0 Å². The summed E-state index contributed by atoms with van der Waals surface area (Å²) in [5.74, 6) is 0. The van der Waals surface area contributed by atoms with E-state index < -0.39 is 11.9 Å². The maximum absolute atomic E-state index is 12.3. The summed E-state index contributed by atoms with van der Waals surface area (Å²) in [6.45, 7) is 1.27. The first kappa shape index (κ1) is 9.00. The van der Waals surface area contributed by atoms with Crippen LogP contribution in [0.3, 0.4) is 0 Å². The number of alkyl halides is 3. The van der Waals surface area contributed by atoms with Crippen LogP contribution in [0.2, 0.25) is 0 Å². The maximum atomic E-state index is 12.3. The lowest BCUT2D eigenvalue weighted by Crippen LogP contribution is -2.18. The van der Waals surface area contributed by atoms with Gasteiger partial charge >= 0.3 is 6.18 Å². The molecule has 1 aromatic rings. The van der Waals surface area contributed by atoms with E-state index in [1.165, 1.54) is 12.3 Å². The van der Waals surface area contributed by atoms with Gasteiger partial charge < -0.3 is 4.90 Å². The summed E-state index contributed by atoms with van der Waals surface area (Å²) in [6.07, 6.45) is -2.56. The Morgan fingerprint density at radius 3 is 2.60 bits per heavy atom. The molecule has 0 aliphatic carbocycles. The minimum absolute atomic E-state index is 0.151. The second-order valence-electron chi connectivity index (χ2n) is 3.42. The van der Waals surface area contributed by atoms with Crippen molar-refractivity contribution in [3.63, 3.8) is 0 Å². The molecule has 0 radical (unpaired) electrons. The molecule has 82 valence electrons. The fourth-order valence-corrected chi connectivity index (χ4v) is 1.56. The van der Waals surface area contributed by atoms with Crippen LogP contribution in [0.1, 0.15) is 19.9 Å². The molecule has 0 spiro atoms. The van der Waals surface area contributed by atoms with Crippen molar-refractivity contribution in [3.05, 3.63) is 24.0 Å². The molecule has 0 saturated carbocycles. The SMILES string of the molecule is [2H][C@H]1CCN(c2ccc(C(F)(F)F)nc2)C1. The molecule has 1 atom stereocenters. The van der Waals surface area contributed by atoms with Gasteiger partial charge in [-0.25, -0.2) is 4.98 Å². The van der Waals surface area contributed by atoms with Crippen LogP contribution in [-0.4, -0.2) is 18.1 Å². The number of hydrogen-bond acceptors (Lipinski definition) is 2. The molecule has 2 heterocycles. The standard InChI is InChI=1S/C10H11F3N2/c11-10(12,13)9-4-3-8(7-14-9)15-5-1-2-6-15/h3-4,7H,1-2,5-6H2/i1D/t1-/m0/s1. The molecule has 1 aromatic heterocycles. The summed E-state index contributed by atoms with van der Waals surface area (Å²) < 4.78 is 44.3. The summed E-state index contributed by atoms with van der Waals surface area (Å²) >= 11 is 0. The third kappa shape index (κ3) is 2.22. The summed E-state index contributed by atoms with van der Waals surface area (Å²) in [5, 5.41) is 0. The van der Waals surface area contributed by atoms with Crippen molar-refractivity contribution in [2.75, 3.05) is 18.0 Å². The molecule has 1 aliphatic rings. The van der Waals surface area contributed by atoms with E-state index in [0.717, 1.165) is 12.5 Å². The highest BCUT2D eigenvalue weighted by molar-refractivity contribution is 5.45. The van der Waals surface area contributed by atoms with Crippen molar-refractivity contribution < 1.29 is 14.5 Å². The maximum Gasteiger partial charge on any atom is 0.433 e. The zero-order valence-electron chi connectivity index (χ0n) is 8.96. The Morgan fingerprint density at radius 1 is 1.33 bits per heavy atom. The largest absolute Gasteiger partial charge is 0.433 e. The van der Waals surface area contributed by atoms with Gasteiger partial charge in [-0.15, -0.1) is 0 Å².